The first-order chi connectivity index (χ1) is 11.8. The monoisotopic (exact) mass is 341 g/mol. The van der Waals surface area contributed by atoms with Crippen molar-refractivity contribution >= 4 is 6.16 Å². The Kier molecular flexibility index (Phi) is 14.0. The van der Waals surface area contributed by atoms with E-state index in [2.05, 4.69) is 12.2 Å². The second-order valence-electron chi connectivity index (χ2n) is 7.04. The highest BCUT2D eigenvalue weighted by Crippen LogP contribution is 2.12. The van der Waals surface area contributed by atoms with Gasteiger partial charge in [0.2, 0.25) is 0 Å². The van der Waals surface area contributed by atoms with E-state index in [-0.39, 0.29) is 6.23 Å². The lowest BCUT2D eigenvalue weighted by atomic mass is 10.0. The molecule has 1 atom stereocenters. The average Bonchev–Trinajstić information content (AvgIpc) is 3.08. The molecule has 0 aromatic heterocycles. The van der Waals surface area contributed by atoms with E-state index in [0.29, 0.717) is 6.61 Å². The number of unbranched alkanes of at least 4 members (excludes halogenated alkanes) is 12. The molecule has 1 fully saturated rings. The normalized spacial score (nSPS) is 17.1. The Labute approximate surface area is 149 Å². The molecule has 0 aliphatic carbocycles. The topological polar surface area (TPSA) is 47.6 Å². The highest BCUT2D eigenvalue weighted by Gasteiger charge is 2.18. The molecule has 0 amide bonds. The summed E-state index contributed by atoms with van der Waals surface area (Å²) in [6, 6.07) is 0. The van der Waals surface area contributed by atoms with E-state index < -0.39 is 6.16 Å². The van der Waals surface area contributed by atoms with Gasteiger partial charge in [0.05, 0.1) is 6.61 Å². The summed E-state index contributed by atoms with van der Waals surface area (Å²) >= 11 is 0. The average molecular weight is 342 g/mol. The molecule has 0 saturated carbocycles. The molecule has 0 spiro atoms. The van der Waals surface area contributed by atoms with Gasteiger partial charge in [0.1, 0.15) is 0 Å². The van der Waals surface area contributed by atoms with Gasteiger partial charge in [0.25, 0.3) is 0 Å². The lowest BCUT2D eigenvalue weighted by molar-refractivity contribution is 0.0179. The van der Waals surface area contributed by atoms with Crippen LogP contribution < -0.4 is 5.32 Å². The van der Waals surface area contributed by atoms with E-state index in [0.717, 1.165) is 32.2 Å². The number of nitrogens with one attached hydrogen (secondary N) is 1. The van der Waals surface area contributed by atoms with Crippen LogP contribution in [0.4, 0.5) is 4.79 Å². The summed E-state index contributed by atoms with van der Waals surface area (Å²) in [5.41, 5.74) is 0. The lowest BCUT2D eigenvalue weighted by Crippen LogP contribution is -2.28. The van der Waals surface area contributed by atoms with E-state index in [1.165, 1.54) is 70.6 Å². The van der Waals surface area contributed by atoms with Gasteiger partial charge < -0.3 is 9.47 Å². The molecule has 1 saturated heterocycles. The summed E-state index contributed by atoms with van der Waals surface area (Å²) in [5, 5.41) is 3.12. The van der Waals surface area contributed by atoms with Crippen molar-refractivity contribution in [3.8, 4) is 0 Å². The van der Waals surface area contributed by atoms with Crippen LogP contribution in [-0.2, 0) is 9.47 Å². The molecule has 1 aliphatic rings. The zero-order valence-corrected chi connectivity index (χ0v) is 15.8. The van der Waals surface area contributed by atoms with Crippen LogP contribution in [0.25, 0.3) is 0 Å². The summed E-state index contributed by atoms with van der Waals surface area (Å²) in [6.07, 6.45) is 18.5. The van der Waals surface area contributed by atoms with E-state index in [1.807, 2.05) is 0 Å². The fraction of sp³-hybridized carbons (Fsp3) is 0.950. The van der Waals surface area contributed by atoms with Gasteiger partial charge in [-0.2, -0.15) is 0 Å². The SMILES string of the molecule is CCCCCCCCCCCCCCCOC(=O)OC1CCCN1. The number of rotatable bonds is 15. The summed E-state index contributed by atoms with van der Waals surface area (Å²) < 4.78 is 10.3. The third-order valence-electron chi connectivity index (χ3n) is 4.72. The van der Waals surface area contributed by atoms with Crippen LogP contribution in [0.15, 0.2) is 0 Å². The van der Waals surface area contributed by atoms with Gasteiger partial charge in [-0.3, -0.25) is 5.32 Å². The van der Waals surface area contributed by atoms with Gasteiger partial charge in [-0.1, -0.05) is 84.0 Å². The first-order valence-electron chi connectivity index (χ1n) is 10.4. The Bertz CT molecular complexity index is 291. The Balaban J connectivity index is 1.72. The first kappa shape index (κ1) is 21.3. The molecule has 1 aliphatic heterocycles. The summed E-state index contributed by atoms with van der Waals surface area (Å²) in [6.45, 7) is 3.69. The molecule has 0 aromatic rings. The molecular formula is C20H39NO3. The maximum absolute atomic E-state index is 11.4. The van der Waals surface area contributed by atoms with Crippen LogP contribution in [-0.4, -0.2) is 25.5 Å². The van der Waals surface area contributed by atoms with E-state index in [9.17, 15) is 4.79 Å². The quantitative estimate of drug-likeness (QED) is 0.296. The second-order valence-corrected chi connectivity index (χ2v) is 7.04. The predicted octanol–water partition coefficient (Wildman–Crippen LogP) is 5.94. The molecule has 1 N–H and O–H groups in total. The van der Waals surface area contributed by atoms with Gasteiger partial charge in [0, 0.05) is 0 Å². The molecule has 0 aromatic carbocycles. The fourth-order valence-electron chi connectivity index (χ4n) is 3.18. The summed E-state index contributed by atoms with van der Waals surface area (Å²) in [7, 11) is 0. The maximum Gasteiger partial charge on any atom is 0.509 e. The molecule has 0 radical (unpaired) electrons. The van der Waals surface area contributed by atoms with Crippen LogP contribution in [0.1, 0.15) is 103 Å². The number of hydrogen-bond acceptors (Lipinski definition) is 4. The summed E-state index contributed by atoms with van der Waals surface area (Å²) in [5.74, 6) is 0. The minimum absolute atomic E-state index is 0.135. The van der Waals surface area contributed by atoms with Crippen molar-refractivity contribution in [3.05, 3.63) is 0 Å². The Morgan fingerprint density at radius 3 is 1.92 bits per heavy atom. The second kappa shape index (κ2) is 15.7. The molecule has 4 nitrogen and oxygen atoms in total. The van der Waals surface area contributed by atoms with Crippen LogP contribution >= 0.6 is 0 Å². The first-order valence-corrected chi connectivity index (χ1v) is 10.4. The van der Waals surface area contributed by atoms with Gasteiger partial charge >= 0.3 is 6.16 Å². The third-order valence-corrected chi connectivity index (χ3v) is 4.72. The van der Waals surface area contributed by atoms with Crippen molar-refractivity contribution in [2.24, 2.45) is 0 Å². The number of carbonyl (C=O) groups is 1. The van der Waals surface area contributed by atoms with Gasteiger partial charge in [-0.15, -0.1) is 0 Å². The van der Waals surface area contributed by atoms with E-state index in [1.54, 1.807) is 0 Å². The maximum atomic E-state index is 11.4. The number of hydrogen-bond donors (Lipinski definition) is 1. The van der Waals surface area contributed by atoms with Crippen molar-refractivity contribution < 1.29 is 14.3 Å². The van der Waals surface area contributed by atoms with Crippen LogP contribution in [0.3, 0.4) is 0 Å². The zero-order valence-electron chi connectivity index (χ0n) is 15.8. The van der Waals surface area contributed by atoms with Crippen LogP contribution in [0, 0.1) is 0 Å². The van der Waals surface area contributed by atoms with Gasteiger partial charge in [-0.25, -0.2) is 4.79 Å². The number of carbonyl (C=O) groups excluding carboxylic acids is 1. The van der Waals surface area contributed by atoms with Crippen LogP contribution in [0.2, 0.25) is 0 Å². The molecule has 24 heavy (non-hydrogen) atoms. The molecule has 1 heterocycles. The van der Waals surface area contributed by atoms with Crippen molar-refractivity contribution in [1.82, 2.24) is 5.32 Å². The van der Waals surface area contributed by atoms with Gasteiger partial charge in [0.15, 0.2) is 6.23 Å². The molecule has 142 valence electrons. The predicted molar refractivity (Wildman–Crippen MR) is 99.2 cm³/mol. The van der Waals surface area contributed by atoms with Crippen molar-refractivity contribution in [2.75, 3.05) is 13.2 Å². The van der Waals surface area contributed by atoms with E-state index >= 15 is 0 Å². The van der Waals surface area contributed by atoms with E-state index in [4.69, 9.17) is 9.47 Å². The molecule has 0 bridgehead atoms. The highest BCUT2D eigenvalue weighted by molar-refractivity contribution is 5.60. The minimum Gasteiger partial charge on any atom is -0.434 e. The number of ether oxygens (including phenoxy) is 2. The molecular weight excluding hydrogens is 302 g/mol. The minimum atomic E-state index is -0.520. The molecule has 1 rings (SSSR count). The largest absolute Gasteiger partial charge is 0.509 e. The molecule has 1 unspecified atom stereocenters. The fourth-order valence-corrected chi connectivity index (χ4v) is 3.18. The smallest absolute Gasteiger partial charge is 0.434 e. The zero-order chi connectivity index (χ0) is 17.3. The Morgan fingerprint density at radius 2 is 1.42 bits per heavy atom. The third kappa shape index (κ3) is 12.6. The van der Waals surface area contributed by atoms with Crippen LogP contribution in [0.5, 0.6) is 0 Å². The van der Waals surface area contributed by atoms with Crippen molar-refractivity contribution in [3.63, 3.8) is 0 Å². The Morgan fingerprint density at radius 1 is 0.875 bits per heavy atom. The van der Waals surface area contributed by atoms with Gasteiger partial charge in [-0.05, 0) is 25.8 Å². The summed E-state index contributed by atoms with van der Waals surface area (Å²) in [4.78, 5) is 11.4. The standard InChI is InChI=1S/C20H39NO3/c1-2-3-4-5-6-7-8-9-10-11-12-13-14-18-23-20(22)24-19-16-15-17-21-19/h19,21H,2-18H2,1H3. The highest BCUT2D eigenvalue weighted by atomic mass is 16.7. The molecule has 4 heteroatoms. The van der Waals surface area contributed by atoms with Crippen molar-refractivity contribution in [1.29, 1.82) is 0 Å². The Hall–Kier alpha value is -0.770. The van der Waals surface area contributed by atoms with Crippen molar-refractivity contribution in [2.45, 2.75) is 109 Å². The lowest BCUT2D eigenvalue weighted by Gasteiger charge is -2.11.